The van der Waals surface area contributed by atoms with Crippen molar-refractivity contribution in [2.75, 3.05) is 18.0 Å². The smallest absolute Gasteiger partial charge is 0.405 e. The van der Waals surface area contributed by atoms with E-state index in [0.717, 1.165) is 4.90 Å². The molecule has 7 heteroatoms. The highest BCUT2D eigenvalue weighted by atomic mass is 19.4. The van der Waals surface area contributed by atoms with Crippen molar-refractivity contribution < 1.29 is 18.4 Å². The SMILES string of the molecule is CCN(CC(F)(F)F)c1ccccc1C(N)=NO. The number of hydrogen-bond donors (Lipinski definition) is 2. The Labute approximate surface area is 102 Å². The van der Waals surface area contributed by atoms with E-state index in [4.69, 9.17) is 10.9 Å². The van der Waals surface area contributed by atoms with Crippen LogP contribution in [0.3, 0.4) is 0 Å². The van der Waals surface area contributed by atoms with Crippen LogP contribution in [0.1, 0.15) is 12.5 Å². The summed E-state index contributed by atoms with van der Waals surface area (Å²) in [6.07, 6.45) is -4.31. The summed E-state index contributed by atoms with van der Waals surface area (Å²) in [5.41, 5.74) is 6.00. The Bertz CT molecular complexity index is 432. The monoisotopic (exact) mass is 261 g/mol. The molecule has 0 bridgehead atoms. The number of benzene rings is 1. The summed E-state index contributed by atoms with van der Waals surface area (Å²) in [4.78, 5) is 1.12. The highest BCUT2D eigenvalue weighted by Gasteiger charge is 2.31. The van der Waals surface area contributed by atoms with Crippen LogP contribution >= 0.6 is 0 Å². The van der Waals surface area contributed by atoms with Crippen LogP contribution in [-0.4, -0.2) is 30.3 Å². The quantitative estimate of drug-likeness (QED) is 0.378. The maximum atomic E-state index is 12.4. The van der Waals surface area contributed by atoms with Gasteiger partial charge in [-0.2, -0.15) is 13.2 Å². The third-order valence-corrected chi connectivity index (χ3v) is 2.38. The van der Waals surface area contributed by atoms with E-state index < -0.39 is 12.7 Å². The molecule has 0 fully saturated rings. The molecule has 0 saturated heterocycles. The minimum absolute atomic E-state index is 0.162. The van der Waals surface area contributed by atoms with Crippen molar-refractivity contribution in [2.24, 2.45) is 10.9 Å². The molecule has 100 valence electrons. The molecule has 0 amide bonds. The second-order valence-electron chi connectivity index (χ2n) is 3.63. The number of nitrogens with zero attached hydrogens (tertiary/aromatic N) is 2. The molecule has 1 aromatic carbocycles. The molecule has 0 atom stereocenters. The average Bonchev–Trinajstić information content (AvgIpc) is 2.34. The molecule has 1 aromatic rings. The number of para-hydroxylation sites is 1. The zero-order valence-corrected chi connectivity index (χ0v) is 9.78. The number of halogens is 3. The van der Waals surface area contributed by atoms with E-state index >= 15 is 0 Å². The van der Waals surface area contributed by atoms with Crippen LogP contribution < -0.4 is 10.6 Å². The van der Waals surface area contributed by atoms with E-state index in [2.05, 4.69) is 5.16 Å². The summed E-state index contributed by atoms with van der Waals surface area (Å²) in [5, 5.41) is 11.4. The van der Waals surface area contributed by atoms with Crippen LogP contribution in [0.2, 0.25) is 0 Å². The second-order valence-corrected chi connectivity index (χ2v) is 3.63. The van der Waals surface area contributed by atoms with Crippen molar-refractivity contribution in [1.29, 1.82) is 0 Å². The van der Waals surface area contributed by atoms with Crippen molar-refractivity contribution >= 4 is 11.5 Å². The molecule has 1 rings (SSSR count). The molecule has 0 aliphatic rings. The molecule has 0 heterocycles. The first-order chi connectivity index (χ1) is 8.39. The molecular weight excluding hydrogens is 247 g/mol. The van der Waals surface area contributed by atoms with Gasteiger partial charge in [0.1, 0.15) is 6.54 Å². The summed E-state index contributed by atoms with van der Waals surface area (Å²) in [6, 6.07) is 6.22. The fourth-order valence-corrected chi connectivity index (χ4v) is 1.60. The van der Waals surface area contributed by atoms with Gasteiger partial charge in [-0.05, 0) is 19.1 Å². The lowest BCUT2D eigenvalue weighted by atomic mass is 10.1. The largest absolute Gasteiger partial charge is 0.409 e. The molecule has 0 unspecified atom stereocenters. The first-order valence-electron chi connectivity index (χ1n) is 5.27. The Balaban J connectivity index is 3.14. The maximum Gasteiger partial charge on any atom is 0.405 e. The molecule has 0 aliphatic heterocycles. The number of nitrogens with two attached hydrogens (primary N) is 1. The van der Waals surface area contributed by atoms with E-state index in [9.17, 15) is 13.2 Å². The lowest BCUT2D eigenvalue weighted by molar-refractivity contribution is -0.119. The summed E-state index contributed by atoms with van der Waals surface area (Å²) in [5.74, 6) is -0.216. The second kappa shape index (κ2) is 5.61. The number of oxime groups is 1. The van der Waals surface area contributed by atoms with E-state index in [-0.39, 0.29) is 23.6 Å². The van der Waals surface area contributed by atoms with Gasteiger partial charge in [0.15, 0.2) is 5.84 Å². The lowest BCUT2D eigenvalue weighted by Crippen LogP contribution is -2.35. The minimum Gasteiger partial charge on any atom is -0.409 e. The van der Waals surface area contributed by atoms with Crippen LogP contribution in [0.15, 0.2) is 29.4 Å². The highest BCUT2D eigenvalue weighted by Crippen LogP contribution is 2.25. The van der Waals surface area contributed by atoms with Crippen molar-refractivity contribution in [3.8, 4) is 0 Å². The fourth-order valence-electron chi connectivity index (χ4n) is 1.60. The molecule has 0 aliphatic carbocycles. The van der Waals surface area contributed by atoms with Gasteiger partial charge in [0.25, 0.3) is 0 Å². The summed E-state index contributed by atoms with van der Waals surface area (Å²) in [7, 11) is 0. The zero-order chi connectivity index (χ0) is 13.8. The first-order valence-corrected chi connectivity index (χ1v) is 5.27. The number of rotatable bonds is 4. The van der Waals surface area contributed by atoms with E-state index in [1.807, 2.05) is 0 Å². The Hall–Kier alpha value is -1.92. The van der Waals surface area contributed by atoms with Gasteiger partial charge in [-0.1, -0.05) is 17.3 Å². The Morgan fingerprint density at radius 1 is 1.39 bits per heavy atom. The van der Waals surface area contributed by atoms with Gasteiger partial charge in [0.2, 0.25) is 0 Å². The molecule has 0 aromatic heterocycles. The number of alkyl halides is 3. The van der Waals surface area contributed by atoms with E-state index in [0.29, 0.717) is 0 Å². The number of anilines is 1. The molecule has 4 nitrogen and oxygen atoms in total. The average molecular weight is 261 g/mol. The standard InChI is InChI=1S/C11H14F3N3O/c1-2-17(7-11(12,13)14)9-6-4-3-5-8(9)10(15)16-18/h3-6,18H,2,7H2,1H3,(H2,15,16). The number of amidine groups is 1. The van der Waals surface area contributed by atoms with Crippen molar-refractivity contribution in [3.05, 3.63) is 29.8 Å². The van der Waals surface area contributed by atoms with Gasteiger partial charge in [-0.25, -0.2) is 0 Å². The Morgan fingerprint density at radius 2 is 2.00 bits per heavy atom. The molecule has 0 saturated carbocycles. The Kier molecular flexibility index (Phi) is 4.41. The molecule has 3 N–H and O–H groups in total. The van der Waals surface area contributed by atoms with Gasteiger partial charge in [0.05, 0.1) is 0 Å². The third-order valence-electron chi connectivity index (χ3n) is 2.38. The van der Waals surface area contributed by atoms with Crippen LogP contribution in [0.25, 0.3) is 0 Å². The molecule has 0 radical (unpaired) electrons. The van der Waals surface area contributed by atoms with E-state index in [1.54, 1.807) is 19.1 Å². The summed E-state index contributed by atoms with van der Waals surface area (Å²) < 4.78 is 37.3. The predicted molar refractivity (Wildman–Crippen MR) is 62.9 cm³/mol. The van der Waals surface area contributed by atoms with Crippen LogP contribution in [0.4, 0.5) is 18.9 Å². The van der Waals surface area contributed by atoms with E-state index in [1.165, 1.54) is 12.1 Å². The van der Waals surface area contributed by atoms with Gasteiger partial charge in [-0.15, -0.1) is 0 Å². The normalized spacial score (nSPS) is 12.6. The van der Waals surface area contributed by atoms with Crippen molar-refractivity contribution in [2.45, 2.75) is 13.1 Å². The maximum absolute atomic E-state index is 12.4. The van der Waals surface area contributed by atoms with Crippen LogP contribution in [-0.2, 0) is 0 Å². The topological polar surface area (TPSA) is 61.8 Å². The fraction of sp³-hybridized carbons (Fsp3) is 0.364. The summed E-state index contributed by atoms with van der Waals surface area (Å²) >= 11 is 0. The molecule has 18 heavy (non-hydrogen) atoms. The molecule has 0 spiro atoms. The van der Waals surface area contributed by atoms with Crippen LogP contribution in [0.5, 0.6) is 0 Å². The first kappa shape index (κ1) is 14.1. The Morgan fingerprint density at radius 3 is 2.50 bits per heavy atom. The highest BCUT2D eigenvalue weighted by molar-refractivity contribution is 6.02. The summed E-state index contributed by atoms with van der Waals surface area (Å²) in [6.45, 7) is 0.684. The van der Waals surface area contributed by atoms with Gasteiger partial charge in [-0.3, -0.25) is 0 Å². The van der Waals surface area contributed by atoms with Gasteiger partial charge in [0, 0.05) is 17.8 Å². The zero-order valence-electron chi connectivity index (χ0n) is 9.78. The van der Waals surface area contributed by atoms with Gasteiger partial charge < -0.3 is 15.8 Å². The predicted octanol–water partition coefficient (Wildman–Crippen LogP) is 2.17. The van der Waals surface area contributed by atoms with Crippen molar-refractivity contribution in [1.82, 2.24) is 0 Å². The molecular formula is C11H14F3N3O. The third kappa shape index (κ3) is 3.54. The minimum atomic E-state index is -4.31. The van der Waals surface area contributed by atoms with Crippen molar-refractivity contribution in [3.63, 3.8) is 0 Å². The lowest BCUT2D eigenvalue weighted by Gasteiger charge is -2.26. The van der Waals surface area contributed by atoms with Crippen LogP contribution in [0, 0.1) is 0 Å². The number of hydrogen-bond acceptors (Lipinski definition) is 3. The van der Waals surface area contributed by atoms with Gasteiger partial charge >= 0.3 is 6.18 Å².